The van der Waals surface area contributed by atoms with E-state index < -0.39 is 0 Å². The fourth-order valence-corrected chi connectivity index (χ4v) is 2.23. The highest BCUT2D eigenvalue weighted by Crippen LogP contribution is 2.15. The van der Waals surface area contributed by atoms with Crippen LogP contribution in [0.5, 0.6) is 0 Å². The van der Waals surface area contributed by atoms with Crippen LogP contribution in [-0.2, 0) is 6.42 Å². The summed E-state index contributed by atoms with van der Waals surface area (Å²) in [6.07, 6.45) is 7.90. The summed E-state index contributed by atoms with van der Waals surface area (Å²) < 4.78 is 2.14. The van der Waals surface area contributed by atoms with Crippen LogP contribution in [0, 0.1) is 0 Å². The Morgan fingerprint density at radius 2 is 2.00 bits per heavy atom. The first-order valence-corrected chi connectivity index (χ1v) is 7.48. The Bertz CT molecular complexity index is 315. The minimum atomic E-state index is 0.564. The van der Waals surface area contributed by atoms with Crippen LogP contribution in [0.1, 0.15) is 65.1 Å². The van der Waals surface area contributed by atoms with Crippen molar-refractivity contribution in [3.05, 3.63) is 18.0 Å². The molecule has 1 rings (SSSR count). The van der Waals surface area contributed by atoms with E-state index in [1.807, 2.05) is 0 Å². The Morgan fingerprint density at radius 1 is 1.28 bits per heavy atom. The van der Waals surface area contributed by atoms with Crippen molar-refractivity contribution >= 4 is 0 Å². The molecule has 0 amide bonds. The van der Waals surface area contributed by atoms with Gasteiger partial charge in [0.1, 0.15) is 0 Å². The van der Waals surface area contributed by atoms with Crippen LogP contribution in [0.15, 0.2) is 12.3 Å². The Labute approximate surface area is 112 Å². The van der Waals surface area contributed by atoms with Gasteiger partial charge < -0.3 is 5.32 Å². The van der Waals surface area contributed by atoms with E-state index >= 15 is 0 Å². The first-order chi connectivity index (χ1) is 8.71. The summed E-state index contributed by atoms with van der Waals surface area (Å²) in [6.45, 7) is 10.0. The molecule has 0 bridgehead atoms. The summed E-state index contributed by atoms with van der Waals surface area (Å²) in [7, 11) is 0. The van der Waals surface area contributed by atoms with Crippen molar-refractivity contribution in [3.8, 4) is 0 Å². The molecular formula is C15H29N3. The van der Waals surface area contributed by atoms with E-state index in [4.69, 9.17) is 5.10 Å². The van der Waals surface area contributed by atoms with Crippen LogP contribution < -0.4 is 5.32 Å². The summed E-state index contributed by atoms with van der Waals surface area (Å²) in [5.41, 5.74) is 1.23. The van der Waals surface area contributed by atoms with Crippen LogP contribution in [0.4, 0.5) is 0 Å². The second-order valence-electron chi connectivity index (χ2n) is 5.15. The number of aromatic nitrogens is 2. The third-order valence-electron chi connectivity index (χ3n) is 3.56. The number of rotatable bonds is 9. The van der Waals surface area contributed by atoms with Gasteiger partial charge in [-0.2, -0.15) is 5.10 Å². The molecule has 1 aromatic rings. The Balaban J connectivity index is 2.39. The van der Waals surface area contributed by atoms with E-state index in [9.17, 15) is 0 Å². The molecule has 1 atom stereocenters. The largest absolute Gasteiger partial charge is 0.314 e. The van der Waals surface area contributed by atoms with Crippen molar-refractivity contribution in [1.29, 1.82) is 0 Å². The molecule has 1 unspecified atom stereocenters. The van der Waals surface area contributed by atoms with E-state index in [2.05, 4.69) is 50.0 Å². The molecule has 0 saturated carbocycles. The Kier molecular flexibility index (Phi) is 7.02. The second-order valence-corrected chi connectivity index (χ2v) is 5.15. The van der Waals surface area contributed by atoms with Crippen LogP contribution >= 0.6 is 0 Å². The van der Waals surface area contributed by atoms with E-state index in [0.717, 1.165) is 25.8 Å². The van der Waals surface area contributed by atoms with Crippen LogP contribution in [-0.4, -0.2) is 22.4 Å². The maximum atomic E-state index is 4.69. The van der Waals surface area contributed by atoms with Crippen molar-refractivity contribution in [2.75, 3.05) is 6.54 Å². The molecule has 0 fully saturated rings. The van der Waals surface area contributed by atoms with E-state index in [1.165, 1.54) is 18.5 Å². The van der Waals surface area contributed by atoms with Gasteiger partial charge in [0.05, 0.1) is 11.7 Å². The minimum Gasteiger partial charge on any atom is -0.314 e. The standard InChI is InChI=1S/C15H29N3/c1-5-11-16-13(4)8-9-14-10-12-18(17-14)15(6-2)7-3/h10,12-13,15-16H,5-9,11H2,1-4H3. The van der Waals surface area contributed by atoms with Crippen LogP contribution in [0.2, 0.25) is 0 Å². The van der Waals surface area contributed by atoms with Gasteiger partial charge in [0, 0.05) is 12.2 Å². The normalized spacial score (nSPS) is 13.2. The molecule has 3 nitrogen and oxygen atoms in total. The van der Waals surface area contributed by atoms with Crippen LogP contribution in [0.25, 0.3) is 0 Å². The maximum Gasteiger partial charge on any atom is 0.0625 e. The number of hydrogen-bond acceptors (Lipinski definition) is 2. The molecule has 0 aliphatic carbocycles. The molecule has 1 N–H and O–H groups in total. The molecule has 0 aliphatic rings. The van der Waals surface area contributed by atoms with Gasteiger partial charge in [-0.05, 0) is 51.6 Å². The first kappa shape index (κ1) is 15.2. The van der Waals surface area contributed by atoms with Gasteiger partial charge in [0.25, 0.3) is 0 Å². The Morgan fingerprint density at radius 3 is 2.61 bits per heavy atom. The first-order valence-electron chi connectivity index (χ1n) is 7.48. The van der Waals surface area contributed by atoms with Crippen molar-refractivity contribution in [2.45, 2.75) is 71.9 Å². The van der Waals surface area contributed by atoms with Crippen molar-refractivity contribution in [1.82, 2.24) is 15.1 Å². The topological polar surface area (TPSA) is 29.9 Å². The summed E-state index contributed by atoms with van der Waals surface area (Å²) in [6, 6.07) is 3.32. The van der Waals surface area contributed by atoms with Crippen LogP contribution in [0.3, 0.4) is 0 Å². The van der Waals surface area contributed by atoms with Crippen molar-refractivity contribution < 1.29 is 0 Å². The molecule has 3 heteroatoms. The average molecular weight is 251 g/mol. The number of nitrogens with one attached hydrogen (secondary N) is 1. The molecule has 0 aliphatic heterocycles. The quantitative estimate of drug-likeness (QED) is 0.727. The second kappa shape index (κ2) is 8.30. The van der Waals surface area contributed by atoms with Gasteiger partial charge in [-0.1, -0.05) is 20.8 Å². The number of hydrogen-bond donors (Lipinski definition) is 1. The highest BCUT2D eigenvalue weighted by atomic mass is 15.3. The molecule has 1 aromatic heterocycles. The van der Waals surface area contributed by atoms with E-state index in [1.54, 1.807) is 0 Å². The van der Waals surface area contributed by atoms with Gasteiger partial charge in [0.15, 0.2) is 0 Å². The predicted molar refractivity (Wildman–Crippen MR) is 77.9 cm³/mol. The lowest BCUT2D eigenvalue weighted by Crippen LogP contribution is -2.27. The van der Waals surface area contributed by atoms with Gasteiger partial charge in [-0.25, -0.2) is 0 Å². The minimum absolute atomic E-state index is 0.564. The fourth-order valence-electron chi connectivity index (χ4n) is 2.23. The van der Waals surface area contributed by atoms with Crippen molar-refractivity contribution in [3.63, 3.8) is 0 Å². The maximum absolute atomic E-state index is 4.69. The highest BCUT2D eigenvalue weighted by Gasteiger charge is 2.08. The van der Waals surface area contributed by atoms with E-state index in [0.29, 0.717) is 12.1 Å². The fraction of sp³-hybridized carbons (Fsp3) is 0.800. The molecule has 1 heterocycles. The predicted octanol–water partition coefficient (Wildman–Crippen LogP) is 3.56. The highest BCUT2D eigenvalue weighted by molar-refractivity contribution is 5.00. The van der Waals surface area contributed by atoms with Gasteiger partial charge in [-0.15, -0.1) is 0 Å². The molecule has 104 valence electrons. The molecular weight excluding hydrogens is 222 g/mol. The lowest BCUT2D eigenvalue weighted by atomic mass is 10.1. The SMILES string of the molecule is CCCNC(C)CCc1ccn(C(CC)CC)n1. The monoisotopic (exact) mass is 251 g/mol. The molecule has 0 aromatic carbocycles. The third kappa shape index (κ3) is 4.81. The summed E-state index contributed by atoms with van der Waals surface area (Å²) in [4.78, 5) is 0. The van der Waals surface area contributed by atoms with Crippen molar-refractivity contribution in [2.24, 2.45) is 0 Å². The Hall–Kier alpha value is -0.830. The lowest BCUT2D eigenvalue weighted by Gasteiger charge is -2.13. The molecule has 0 spiro atoms. The number of nitrogens with zero attached hydrogens (tertiary/aromatic N) is 2. The van der Waals surface area contributed by atoms with Gasteiger partial charge in [0.2, 0.25) is 0 Å². The molecule has 0 saturated heterocycles. The summed E-state index contributed by atoms with van der Waals surface area (Å²) in [5, 5.41) is 8.21. The zero-order chi connectivity index (χ0) is 13.4. The van der Waals surface area contributed by atoms with Gasteiger partial charge in [-0.3, -0.25) is 4.68 Å². The summed E-state index contributed by atoms with van der Waals surface area (Å²) in [5.74, 6) is 0. The smallest absolute Gasteiger partial charge is 0.0625 e. The average Bonchev–Trinajstić information content (AvgIpc) is 2.84. The number of aryl methyl sites for hydroxylation is 1. The zero-order valence-corrected chi connectivity index (χ0v) is 12.4. The zero-order valence-electron chi connectivity index (χ0n) is 12.4. The summed E-state index contributed by atoms with van der Waals surface area (Å²) >= 11 is 0. The molecule has 18 heavy (non-hydrogen) atoms. The third-order valence-corrected chi connectivity index (χ3v) is 3.56. The van der Waals surface area contributed by atoms with E-state index in [-0.39, 0.29) is 0 Å². The van der Waals surface area contributed by atoms with Gasteiger partial charge >= 0.3 is 0 Å². The molecule has 0 radical (unpaired) electrons. The lowest BCUT2D eigenvalue weighted by molar-refractivity contribution is 0.423.